The number of halogens is 5. The zero-order chi connectivity index (χ0) is 43.7. The molecule has 0 spiro atoms. The van der Waals surface area contributed by atoms with Gasteiger partial charge in [0.25, 0.3) is 0 Å². The first kappa shape index (κ1) is 46.3. The summed E-state index contributed by atoms with van der Waals surface area (Å²) in [6, 6.07) is 30.7. The van der Waals surface area contributed by atoms with Gasteiger partial charge >= 0.3 is 366 Å². The molecule has 6 rings (SSSR count). The van der Waals surface area contributed by atoms with E-state index in [1.807, 2.05) is 0 Å². The van der Waals surface area contributed by atoms with Crippen molar-refractivity contribution in [3.05, 3.63) is 129 Å². The molecule has 0 aromatic heterocycles. The van der Waals surface area contributed by atoms with Gasteiger partial charge in [0.05, 0.1) is 0 Å². The predicted octanol–water partition coefficient (Wildman–Crippen LogP) is 17.4. The Morgan fingerprint density at radius 3 is 1.20 bits per heavy atom. The van der Waals surface area contributed by atoms with Crippen LogP contribution in [0.5, 0.6) is 0 Å². The third kappa shape index (κ3) is 9.60. The van der Waals surface area contributed by atoms with Crippen LogP contribution < -0.4 is 0 Å². The van der Waals surface area contributed by atoms with Crippen molar-refractivity contribution in [3.63, 3.8) is 0 Å². The molecule has 317 valence electrons. The second kappa shape index (κ2) is 15.9. The van der Waals surface area contributed by atoms with E-state index in [-0.39, 0.29) is 35.0 Å². The van der Waals surface area contributed by atoms with Crippen molar-refractivity contribution in [2.45, 2.75) is 139 Å². The van der Waals surface area contributed by atoms with Crippen LogP contribution in [0.25, 0.3) is 34.4 Å². The van der Waals surface area contributed by atoms with Gasteiger partial charge in [-0.1, -0.05) is 0 Å². The molecule has 3 atom stereocenters. The van der Waals surface area contributed by atoms with Crippen molar-refractivity contribution in [1.82, 2.24) is 0 Å². The molecule has 4 aromatic carbocycles. The van der Waals surface area contributed by atoms with Gasteiger partial charge in [0.1, 0.15) is 0 Å². The van der Waals surface area contributed by atoms with Gasteiger partial charge < -0.3 is 0 Å². The van der Waals surface area contributed by atoms with Crippen molar-refractivity contribution >= 4 is 35.1 Å². The van der Waals surface area contributed by atoms with Gasteiger partial charge in [-0.25, -0.2) is 0 Å². The number of allylic oxidation sites excluding steroid dienone is 2. The van der Waals surface area contributed by atoms with Crippen LogP contribution in [0.3, 0.4) is 0 Å². The van der Waals surface area contributed by atoms with Gasteiger partial charge in [-0.3, -0.25) is 0 Å². The van der Waals surface area contributed by atoms with Gasteiger partial charge in [0.2, 0.25) is 0 Å². The second-order valence-corrected chi connectivity index (χ2v) is 63.7. The molecule has 0 fully saturated rings. The zero-order valence-electron chi connectivity index (χ0n) is 37.7. The molecule has 59 heavy (non-hydrogen) atoms. The summed E-state index contributed by atoms with van der Waals surface area (Å²) in [5.41, 5.74) is 13.6. The molecule has 2 aliphatic rings. The molecule has 4 aromatic rings. The van der Waals surface area contributed by atoms with Gasteiger partial charge in [0, 0.05) is 0 Å². The summed E-state index contributed by atoms with van der Waals surface area (Å²) in [7, 11) is 17.8. The Labute approximate surface area is 362 Å². The molecule has 0 bridgehead atoms. The van der Waals surface area contributed by atoms with Crippen LogP contribution in [-0.2, 0) is 26.4 Å². The molecule has 0 nitrogen and oxygen atoms in total. The van der Waals surface area contributed by atoms with Crippen molar-refractivity contribution in [2.75, 3.05) is 0 Å². The molecule has 0 heterocycles. The Morgan fingerprint density at radius 2 is 0.898 bits per heavy atom. The average Bonchev–Trinajstić information content (AvgIpc) is 3.66. The monoisotopic (exact) mass is 935 g/mol. The molecule has 0 aliphatic heterocycles. The zero-order valence-corrected chi connectivity index (χ0v) is 42.8. The SMILES string of the molecule is C[SiH](CCC(F)(F)F)[Zr]([Cl])([Cl])([CH]1C(CC(C)(C)C)=Cc2c(-c3ccc(C(C)(C)C)cc3)cccc21)[CH]1C(CC(C)(C)C)=Cc2c(-c3ccc(C(C)(C)C)cc3)cccc21. The molecule has 0 radical (unpaired) electrons. The molecule has 2 aliphatic carbocycles. The van der Waals surface area contributed by atoms with Gasteiger partial charge in [-0.15, -0.1) is 0 Å². The van der Waals surface area contributed by atoms with Crippen LogP contribution in [0.15, 0.2) is 96.1 Å². The Kier molecular flexibility index (Phi) is 12.5. The normalized spacial score (nSPS) is 18.8. The molecular weight excluding hydrogens is 872 g/mol. The Hall–Kier alpha value is -2.17. The molecule has 0 saturated carbocycles. The second-order valence-electron chi connectivity index (χ2n) is 22.3. The number of hydrogen-bond donors (Lipinski definition) is 0. The van der Waals surface area contributed by atoms with Crippen molar-refractivity contribution in [2.24, 2.45) is 10.8 Å². The van der Waals surface area contributed by atoms with Crippen LogP contribution in [0.4, 0.5) is 13.2 Å². The minimum absolute atomic E-state index is 0.0164. The summed E-state index contributed by atoms with van der Waals surface area (Å²) < 4.78 is 42.5. The molecule has 0 saturated heterocycles. The Balaban J connectivity index is 1.64. The van der Waals surface area contributed by atoms with Gasteiger partial charge in [-0.2, -0.15) is 0 Å². The van der Waals surface area contributed by atoms with Crippen molar-refractivity contribution in [3.8, 4) is 22.3 Å². The number of hydrogen-bond acceptors (Lipinski definition) is 0. The number of rotatable bonds is 9. The van der Waals surface area contributed by atoms with E-state index in [1.165, 1.54) is 22.3 Å². The van der Waals surface area contributed by atoms with E-state index >= 15 is 0 Å². The maximum absolute atomic E-state index is 14.4. The third-order valence-electron chi connectivity index (χ3n) is 12.8. The van der Waals surface area contributed by atoms with E-state index in [1.54, 1.807) is 0 Å². The Bertz CT molecular complexity index is 2110. The van der Waals surface area contributed by atoms with Crippen LogP contribution in [0.1, 0.15) is 143 Å². The maximum atomic E-state index is 14.4. The van der Waals surface area contributed by atoms with Crippen LogP contribution >= 0.6 is 17.0 Å². The van der Waals surface area contributed by atoms with Gasteiger partial charge in [0.15, 0.2) is 0 Å². The number of alkyl halides is 3. The number of fused-ring (bicyclic) bond motifs is 2. The summed E-state index contributed by atoms with van der Waals surface area (Å²) in [5.74, 6) is -2.58. The van der Waals surface area contributed by atoms with E-state index in [2.05, 4.69) is 187 Å². The van der Waals surface area contributed by atoms with Crippen molar-refractivity contribution in [1.29, 1.82) is 0 Å². The fraction of sp³-hybridized carbons (Fsp3) is 0.462. The third-order valence-corrected chi connectivity index (χ3v) is 63.0. The summed E-state index contributed by atoms with van der Waals surface area (Å²) in [6.07, 6.45) is 1.02. The first-order valence-electron chi connectivity index (χ1n) is 21.5. The van der Waals surface area contributed by atoms with E-state index < -0.39 is 34.1 Å². The average molecular weight is 938 g/mol. The molecular formula is C52H66Cl2F3SiZr. The first-order valence-corrected chi connectivity index (χ1v) is 37.5. The number of benzene rings is 4. The molecule has 7 heteroatoms. The van der Waals surface area contributed by atoms with Gasteiger partial charge in [-0.05, 0) is 0 Å². The molecule has 0 amide bonds. The first-order chi connectivity index (χ1) is 27.0. The summed E-state index contributed by atoms with van der Waals surface area (Å²) in [5, 5.41) is 0. The standard InChI is InChI=1S/2C24H29.C4H8F3Si.2ClH.Zr/c2*1-23(2,3)16-17-14-19-8-7-9-21(22(19)15-17)18-10-12-20(13-11-18)24(4,5)6;1-8-3-2-4(5,6)7;;;/h2*7-15H,16H2,1-6H3;8H,2-3H2,1H3;2*1H;/q;;;;;+2/p-2. The van der Waals surface area contributed by atoms with Crippen molar-refractivity contribution < 1.29 is 28.7 Å². The summed E-state index contributed by atoms with van der Waals surface area (Å²) >= 11 is -5.71. The van der Waals surface area contributed by atoms with E-state index in [4.69, 9.17) is 17.0 Å². The van der Waals surface area contributed by atoms with E-state index in [0.717, 1.165) is 57.3 Å². The quantitative estimate of drug-likeness (QED) is 0.147. The van der Waals surface area contributed by atoms with E-state index in [9.17, 15) is 13.2 Å². The van der Waals surface area contributed by atoms with Crippen LogP contribution in [0.2, 0.25) is 12.6 Å². The summed E-state index contributed by atoms with van der Waals surface area (Å²) in [4.78, 5) is 0. The fourth-order valence-electron chi connectivity index (χ4n) is 9.96. The molecule has 3 unspecified atom stereocenters. The Morgan fingerprint density at radius 1 is 0.542 bits per heavy atom. The minimum atomic E-state index is -5.71. The fourth-order valence-corrected chi connectivity index (χ4v) is 49.9. The molecule has 0 N–H and O–H groups in total. The van der Waals surface area contributed by atoms with Crippen LogP contribution in [0, 0.1) is 10.8 Å². The van der Waals surface area contributed by atoms with E-state index in [0.29, 0.717) is 0 Å². The predicted molar refractivity (Wildman–Crippen MR) is 251 cm³/mol. The van der Waals surface area contributed by atoms with Crippen LogP contribution in [-0.4, -0.2) is 12.1 Å². The summed E-state index contributed by atoms with van der Waals surface area (Å²) in [6.45, 7) is 28.9. The topological polar surface area (TPSA) is 0 Å².